The SMILES string of the molecule is O=C(C1Cc2ccccc2O1)N(Cc1ccc(F)cc1)C1CC1. The van der Waals surface area contributed by atoms with Crippen LogP contribution in [0.5, 0.6) is 5.75 Å². The van der Waals surface area contributed by atoms with Crippen molar-refractivity contribution in [3.05, 3.63) is 65.5 Å². The van der Waals surface area contributed by atoms with E-state index in [4.69, 9.17) is 4.74 Å². The van der Waals surface area contributed by atoms with Gasteiger partial charge in [-0.25, -0.2) is 4.39 Å². The molecule has 1 fully saturated rings. The largest absolute Gasteiger partial charge is 0.480 e. The van der Waals surface area contributed by atoms with E-state index in [0.717, 1.165) is 29.7 Å². The van der Waals surface area contributed by atoms with Crippen molar-refractivity contribution in [2.45, 2.75) is 38.0 Å². The zero-order valence-electron chi connectivity index (χ0n) is 12.7. The molecule has 0 spiro atoms. The maximum absolute atomic E-state index is 13.1. The first-order chi connectivity index (χ1) is 11.2. The minimum Gasteiger partial charge on any atom is -0.480 e. The van der Waals surface area contributed by atoms with Crippen LogP contribution >= 0.6 is 0 Å². The third kappa shape index (κ3) is 2.93. The second kappa shape index (κ2) is 5.69. The monoisotopic (exact) mass is 311 g/mol. The molecule has 1 unspecified atom stereocenters. The van der Waals surface area contributed by atoms with Crippen LogP contribution in [0.1, 0.15) is 24.0 Å². The Labute approximate surface area is 134 Å². The molecule has 0 aromatic heterocycles. The summed E-state index contributed by atoms with van der Waals surface area (Å²) in [6.07, 6.45) is 2.26. The van der Waals surface area contributed by atoms with Crippen molar-refractivity contribution >= 4 is 5.91 Å². The molecule has 118 valence electrons. The van der Waals surface area contributed by atoms with Crippen LogP contribution in [0.15, 0.2) is 48.5 Å². The Morgan fingerprint density at radius 3 is 2.57 bits per heavy atom. The molecule has 1 atom stereocenters. The summed E-state index contributed by atoms with van der Waals surface area (Å²) in [7, 11) is 0. The molecule has 0 radical (unpaired) electrons. The normalized spacial score (nSPS) is 19.1. The predicted octanol–water partition coefficient (Wildman–Crippen LogP) is 3.32. The second-order valence-corrected chi connectivity index (χ2v) is 6.24. The number of fused-ring (bicyclic) bond motifs is 1. The van der Waals surface area contributed by atoms with Gasteiger partial charge in [-0.15, -0.1) is 0 Å². The van der Waals surface area contributed by atoms with Crippen molar-refractivity contribution < 1.29 is 13.9 Å². The molecule has 4 rings (SSSR count). The highest BCUT2D eigenvalue weighted by Crippen LogP contribution is 2.33. The van der Waals surface area contributed by atoms with E-state index in [-0.39, 0.29) is 11.7 Å². The van der Waals surface area contributed by atoms with Crippen LogP contribution in [0.4, 0.5) is 4.39 Å². The van der Waals surface area contributed by atoms with Crippen molar-refractivity contribution in [1.29, 1.82) is 0 Å². The molecular formula is C19H18FNO2. The zero-order chi connectivity index (χ0) is 15.8. The van der Waals surface area contributed by atoms with E-state index in [1.165, 1.54) is 12.1 Å². The number of hydrogen-bond donors (Lipinski definition) is 0. The van der Waals surface area contributed by atoms with Crippen molar-refractivity contribution in [2.75, 3.05) is 0 Å². The fraction of sp³-hybridized carbons (Fsp3) is 0.316. The number of hydrogen-bond acceptors (Lipinski definition) is 2. The number of ether oxygens (including phenoxy) is 1. The van der Waals surface area contributed by atoms with Crippen LogP contribution in [0, 0.1) is 5.82 Å². The number of carbonyl (C=O) groups is 1. The second-order valence-electron chi connectivity index (χ2n) is 6.24. The minimum atomic E-state index is -0.437. The molecular weight excluding hydrogens is 293 g/mol. The van der Waals surface area contributed by atoms with Gasteiger partial charge in [0.1, 0.15) is 11.6 Å². The van der Waals surface area contributed by atoms with Gasteiger partial charge >= 0.3 is 0 Å². The van der Waals surface area contributed by atoms with Crippen LogP contribution in [-0.2, 0) is 17.8 Å². The van der Waals surface area contributed by atoms with Crippen LogP contribution < -0.4 is 4.74 Å². The van der Waals surface area contributed by atoms with E-state index in [2.05, 4.69) is 0 Å². The van der Waals surface area contributed by atoms with E-state index in [1.807, 2.05) is 29.2 Å². The molecule has 1 aliphatic carbocycles. The first-order valence-corrected chi connectivity index (χ1v) is 8.00. The van der Waals surface area contributed by atoms with Crippen molar-refractivity contribution in [3.8, 4) is 5.75 Å². The van der Waals surface area contributed by atoms with Gasteiger partial charge in [0, 0.05) is 19.0 Å². The predicted molar refractivity (Wildman–Crippen MR) is 84.5 cm³/mol. The fourth-order valence-electron chi connectivity index (χ4n) is 3.06. The van der Waals surface area contributed by atoms with Crippen LogP contribution in [0.2, 0.25) is 0 Å². The molecule has 3 nitrogen and oxygen atoms in total. The Balaban J connectivity index is 1.50. The maximum atomic E-state index is 13.1. The summed E-state index contributed by atoms with van der Waals surface area (Å²) in [5.41, 5.74) is 2.03. The number of rotatable bonds is 4. The topological polar surface area (TPSA) is 29.5 Å². The minimum absolute atomic E-state index is 0.0352. The standard InChI is InChI=1S/C19H18FNO2/c20-15-7-5-13(6-8-15)12-21(16-9-10-16)19(22)18-11-14-3-1-2-4-17(14)23-18/h1-8,16,18H,9-12H2. The Kier molecular flexibility index (Phi) is 3.52. The van der Waals surface area contributed by atoms with Gasteiger partial charge < -0.3 is 9.64 Å². The molecule has 2 aromatic rings. The van der Waals surface area contributed by atoms with Gasteiger partial charge in [0.2, 0.25) is 0 Å². The Morgan fingerprint density at radius 2 is 1.87 bits per heavy atom. The lowest BCUT2D eigenvalue weighted by atomic mass is 10.1. The highest BCUT2D eigenvalue weighted by Gasteiger charge is 2.39. The van der Waals surface area contributed by atoms with E-state index >= 15 is 0 Å². The van der Waals surface area contributed by atoms with Gasteiger partial charge in [-0.2, -0.15) is 0 Å². The Hall–Kier alpha value is -2.36. The molecule has 23 heavy (non-hydrogen) atoms. The highest BCUT2D eigenvalue weighted by atomic mass is 19.1. The molecule has 0 bridgehead atoms. The van der Waals surface area contributed by atoms with Crippen LogP contribution in [-0.4, -0.2) is 23.0 Å². The molecule has 1 heterocycles. The van der Waals surface area contributed by atoms with Crippen LogP contribution in [0.25, 0.3) is 0 Å². The van der Waals surface area contributed by atoms with E-state index in [1.54, 1.807) is 12.1 Å². The quantitative estimate of drug-likeness (QED) is 0.867. The molecule has 1 saturated carbocycles. The van der Waals surface area contributed by atoms with E-state index in [0.29, 0.717) is 19.0 Å². The van der Waals surface area contributed by atoms with Crippen molar-refractivity contribution in [1.82, 2.24) is 4.90 Å². The van der Waals surface area contributed by atoms with Gasteiger partial charge in [-0.3, -0.25) is 4.79 Å². The van der Waals surface area contributed by atoms with Crippen molar-refractivity contribution in [3.63, 3.8) is 0 Å². The van der Waals surface area contributed by atoms with Gasteiger partial charge in [0.05, 0.1) is 0 Å². The number of nitrogens with zero attached hydrogens (tertiary/aromatic N) is 1. The lowest BCUT2D eigenvalue weighted by Crippen LogP contribution is -2.42. The fourth-order valence-corrected chi connectivity index (χ4v) is 3.06. The number of carbonyl (C=O) groups excluding carboxylic acids is 1. The summed E-state index contributed by atoms with van der Waals surface area (Å²) < 4.78 is 18.9. The molecule has 1 aliphatic heterocycles. The summed E-state index contributed by atoms with van der Waals surface area (Å²) >= 11 is 0. The summed E-state index contributed by atoms with van der Waals surface area (Å²) in [5, 5.41) is 0. The number of amides is 1. The van der Waals surface area contributed by atoms with E-state index in [9.17, 15) is 9.18 Å². The van der Waals surface area contributed by atoms with E-state index < -0.39 is 6.10 Å². The Morgan fingerprint density at radius 1 is 1.13 bits per heavy atom. The molecule has 0 saturated heterocycles. The Bertz CT molecular complexity index is 699. The average Bonchev–Trinajstić information content (AvgIpc) is 3.31. The zero-order valence-corrected chi connectivity index (χ0v) is 12.7. The molecule has 1 amide bonds. The number of para-hydroxylation sites is 1. The first-order valence-electron chi connectivity index (χ1n) is 8.00. The lowest BCUT2D eigenvalue weighted by molar-refractivity contribution is -0.139. The molecule has 2 aromatic carbocycles. The number of halogens is 1. The number of benzene rings is 2. The highest BCUT2D eigenvalue weighted by molar-refractivity contribution is 5.83. The molecule has 0 N–H and O–H groups in total. The van der Waals surface area contributed by atoms with Crippen LogP contribution in [0.3, 0.4) is 0 Å². The average molecular weight is 311 g/mol. The summed E-state index contributed by atoms with van der Waals surface area (Å²) in [6.45, 7) is 0.514. The molecule has 2 aliphatic rings. The third-order valence-corrected chi connectivity index (χ3v) is 4.46. The lowest BCUT2D eigenvalue weighted by Gasteiger charge is -2.25. The molecule has 4 heteroatoms. The summed E-state index contributed by atoms with van der Waals surface area (Å²) in [4.78, 5) is 14.8. The summed E-state index contributed by atoms with van der Waals surface area (Å²) in [5.74, 6) is 0.587. The third-order valence-electron chi connectivity index (χ3n) is 4.46. The van der Waals surface area contributed by atoms with Crippen molar-refractivity contribution in [2.24, 2.45) is 0 Å². The maximum Gasteiger partial charge on any atom is 0.264 e. The van der Waals surface area contributed by atoms with Gasteiger partial charge in [-0.05, 0) is 42.2 Å². The van der Waals surface area contributed by atoms with Gasteiger partial charge in [0.15, 0.2) is 6.10 Å². The van der Waals surface area contributed by atoms with Gasteiger partial charge in [-0.1, -0.05) is 30.3 Å². The smallest absolute Gasteiger partial charge is 0.264 e. The first kappa shape index (κ1) is 14.2. The van der Waals surface area contributed by atoms with Gasteiger partial charge in [0.25, 0.3) is 5.91 Å². The summed E-state index contributed by atoms with van der Waals surface area (Å²) in [6, 6.07) is 14.4.